The molecule has 0 saturated carbocycles. The highest BCUT2D eigenvalue weighted by Gasteiger charge is 2.04. The van der Waals surface area contributed by atoms with E-state index in [4.69, 9.17) is 4.18 Å². The van der Waals surface area contributed by atoms with Crippen LogP contribution in [0, 0.1) is 0 Å². The van der Waals surface area contributed by atoms with E-state index < -0.39 is 10.1 Å². The van der Waals surface area contributed by atoms with Crippen LogP contribution in [0.25, 0.3) is 0 Å². The fraction of sp³-hybridized carbons (Fsp3) is 0.0526. The van der Waals surface area contributed by atoms with E-state index in [1.807, 2.05) is 54.6 Å². The number of hydrogen-bond donors (Lipinski definition) is 2. The highest BCUT2D eigenvalue weighted by molar-refractivity contribution is 7.86. The second kappa shape index (κ2) is 7.27. The van der Waals surface area contributed by atoms with Gasteiger partial charge in [0.15, 0.2) is 0 Å². The maximum atomic E-state index is 11.1. The Bertz CT molecular complexity index is 923. The predicted molar refractivity (Wildman–Crippen MR) is 101 cm³/mol. The third-order valence-electron chi connectivity index (χ3n) is 3.34. The van der Waals surface area contributed by atoms with E-state index in [-0.39, 0.29) is 5.75 Å². The molecule has 0 heterocycles. The Hall–Kier alpha value is -2.99. The molecule has 0 amide bonds. The topological polar surface area (TPSA) is 67.4 Å². The van der Waals surface area contributed by atoms with Crippen LogP contribution in [0.4, 0.5) is 22.7 Å². The molecule has 0 bridgehead atoms. The van der Waals surface area contributed by atoms with Crippen molar-refractivity contribution in [2.45, 2.75) is 0 Å². The Morgan fingerprint density at radius 1 is 0.640 bits per heavy atom. The number of benzene rings is 3. The standard InChI is InChI=1S/C19H18N2O3S/c1-25(22,23)24-19-13-11-18(12-14-19)21-17-9-7-16(8-10-17)20-15-5-3-2-4-6-15/h2-14,20-21H,1H3. The van der Waals surface area contributed by atoms with Gasteiger partial charge in [-0.2, -0.15) is 8.42 Å². The van der Waals surface area contributed by atoms with E-state index in [2.05, 4.69) is 10.6 Å². The summed E-state index contributed by atoms with van der Waals surface area (Å²) in [4.78, 5) is 0. The van der Waals surface area contributed by atoms with Crippen LogP contribution in [-0.2, 0) is 10.1 Å². The summed E-state index contributed by atoms with van der Waals surface area (Å²) in [5, 5.41) is 6.58. The lowest BCUT2D eigenvalue weighted by atomic mass is 10.2. The fourth-order valence-corrected chi connectivity index (χ4v) is 2.72. The van der Waals surface area contributed by atoms with Gasteiger partial charge in [-0.15, -0.1) is 0 Å². The summed E-state index contributed by atoms with van der Waals surface area (Å²) in [5.41, 5.74) is 3.79. The molecule has 0 radical (unpaired) electrons. The summed E-state index contributed by atoms with van der Waals surface area (Å²) in [6, 6.07) is 24.6. The lowest BCUT2D eigenvalue weighted by Gasteiger charge is -2.10. The molecule has 3 aromatic carbocycles. The van der Waals surface area contributed by atoms with Gasteiger partial charge in [0, 0.05) is 22.7 Å². The van der Waals surface area contributed by atoms with Gasteiger partial charge >= 0.3 is 10.1 Å². The lowest BCUT2D eigenvalue weighted by Crippen LogP contribution is -2.05. The van der Waals surface area contributed by atoms with Crippen LogP contribution in [0.2, 0.25) is 0 Å². The molecule has 3 aromatic rings. The van der Waals surface area contributed by atoms with Crippen molar-refractivity contribution in [1.29, 1.82) is 0 Å². The zero-order valence-corrected chi connectivity index (χ0v) is 14.5. The van der Waals surface area contributed by atoms with E-state index in [0.29, 0.717) is 0 Å². The van der Waals surface area contributed by atoms with Crippen LogP contribution < -0.4 is 14.8 Å². The summed E-state index contributed by atoms with van der Waals surface area (Å²) in [5.74, 6) is 0.287. The van der Waals surface area contributed by atoms with Gasteiger partial charge in [-0.1, -0.05) is 18.2 Å². The Labute approximate surface area is 147 Å². The number of rotatable bonds is 6. The van der Waals surface area contributed by atoms with Crippen LogP contribution >= 0.6 is 0 Å². The largest absolute Gasteiger partial charge is 0.383 e. The zero-order valence-electron chi connectivity index (χ0n) is 13.6. The first kappa shape index (κ1) is 16.9. The van der Waals surface area contributed by atoms with E-state index in [0.717, 1.165) is 29.0 Å². The molecule has 25 heavy (non-hydrogen) atoms. The van der Waals surface area contributed by atoms with Crippen molar-refractivity contribution >= 4 is 32.9 Å². The molecule has 3 rings (SSSR count). The van der Waals surface area contributed by atoms with Crippen molar-refractivity contribution in [1.82, 2.24) is 0 Å². The maximum Gasteiger partial charge on any atom is 0.306 e. The van der Waals surface area contributed by atoms with E-state index in [1.165, 1.54) is 0 Å². The van der Waals surface area contributed by atoms with Crippen LogP contribution in [0.1, 0.15) is 0 Å². The van der Waals surface area contributed by atoms with Crippen LogP contribution in [0.3, 0.4) is 0 Å². The molecule has 5 nitrogen and oxygen atoms in total. The molecule has 0 saturated heterocycles. The van der Waals surface area contributed by atoms with Gasteiger partial charge in [0.1, 0.15) is 5.75 Å². The van der Waals surface area contributed by atoms with Crippen LogP contribution in [0.5, 0.6) is 5.75 Å². The van der Waals surface area contributed by atoms with Gasteiger partial charge in [0.25, 0.3) is 0 Å². The fourth-order valence-electron chi connectivity index (χ4n) is 2.26. The first-order valence-electron chi connectivity index (χ1n) is 7.67. The molecule has 0 unspecified atom stereocenters. The van der Waals surface area contributed by atoms with Crippen molar-refractivity contribution in [2.75, 3.05) is 16.9 Å². The molecular formula is C19H18N2O3S. The first-order valence-corrected chi connectivity index (χ1v) is 9.48. The number of hydrogen-bond acceptors (Lipinski definition) is 5. The monoisotopic (exact) mass is 354 g/mol. The molecular weight excluding hydrogens is 336 g/mol. The molecule has 128 valence electrons. The second-order valence-electron chi connectivity index (χ2n) is 5.51. The van der Waals surface area contributed by atoms with E-state index in [9.17, 15) is 8.42 Å². The minimum atomic E-state index is -3.51. The second-order valence-corrected chi connectivity index (χ2v) is 7.08. The quantitative estimate of drug-likeness (QED) is 0.638. The van der Waals surface area contributed by atoms with Crippen molar-refractivity contribution in [3.8, 4) is 5.75 Å². The number of para-hydroxylation sites is 1. The summed E-state index contributed by atoms with van der Waals surface area (Å²) in [6.45, 7) is 0. The Kier molecular flexibility index (Phi) is 4.90. The van der Waals surface area contributed by atoms with Crippen molar-refractivity contribution < 1.29 is 12.6 Å². The molecule has 0 spiro atoms. The highest BCUT2D eigenvalue weighted by Crippen LogP contribution is 2.23. The van der Waals surface area contributed by atoms with Gasteiger partial charge < -0.3 is 14.8 Å². The molecule has 0 aliphatic carbocycles. The lowest BCUT2D eigenvalue weighted by molar-refractivity contribution is 0.493. The predicted octanol–water partition coefficient (Wildman–Crippen LogP) is 4.51. The average Bonchev–Trinajstić information content (AvgIpc) is 2.58. The van der Waals surface area contributed by atoms with Crippen molar-refractivity contribution in [3.63, 3.8) is 0 Å². The molecule has 2 N–H and O–H groups in total. The molecule has 0 aromatic heterocycles. The van der Waals surface area contributed by atoms with Gasteiger partial charge in [0.2, 0.25) is 0 Å². The van der Waals surface area contributed by atoms with E-state index in [1.54, 1.807) is 24.3 Å². The van der Waals surface area contributed by atoms with E-state index >= 15 is 0 Å². The molecule has 0 fully saturated rings. The third kappa shape index (κ3) is 5.26. The third-order valence-corrected chi connectivity index (χ3v) is 3.83. The molecule has 6 heteroatoms. The molecule has 0 aliphatic rings. The summed E-state index contributed by atoms with van der Waals surface area (Å²) < 4.78 is 27.0. The molecule has 0 atom stereocenters. The van der Waals surface area contributed by atoms with Gasteiger partial charge in [-0.25, -0.2) is 0 Å². The van der Waals surface area contributed by atoms with Crippen molar-refractivity contribution in [3.05, 3.63) is 78.9 Å². The van der Waals surface area contributed by atoms with Crippen molar-refractivity contribution in [2.24, 2.45) is 0 Å². The SMILES string of the molecule is CS(=O)(=O)Oc1ccc(Nc2ccc(Nc3ccccc3)cc2)cc1. The Morgan fingerprint density at radius 2 is 1.04 bits per heavy atom. The zero-order chi connectivity index (χ0) is 17.7. The Balaban J connectivity index is 1.63. The number of nitrogens with one attached hydrogen (secondary N) is 2. The van der Waals surface area contributed by atoms with Gasteiger partial charge in [-0.05, 0) is 60.7 Å². The maximum absolute atomic E-state index is 11.1. The highest BCUT2D eigenvalue weighted by atomic mass is 32.2. The van der Waals surface area contributed by atoms with Crippen LogP contribution in [0.15, 0.2) is 78.9 Å². The minimum absolute atomic E-state index is 0.287. The summed E-state index contributed by atoms with van der Waals surface area (Å²) in [7, 11) is -3.51. The van der Waals surface area contributed by atoms with Gasteiger partial charge in [0.05, 0.1) is 6.26 Å². The van der Waals surface area contributed by atoms with Gasteiger partial charge in [-0.3, -0.25) is 0 Å². The Morgan fingerprint density at radius 3 is 1.48 bits per heavy atom. The summed E-state index contributed by atoms with van der Waals surface area (Å²) in [6.07, 6.45) is 1.02. The van der Waals surface area contributed by atoms with Crippen LogP contribution in [-0.4, -0.2) is 14.7 Å². The normalized spacial score (nSPS) is 10.9. The summed E-state index contributed by atoms with van der Waals surface area (Å²) >= 11 is 0. The average molecular weight is 354 g/mol. The minimum Gasteiger partial charge on any atom is -0.383 e. The molecule has 0 aliphatic heterocycles. The first-order chi connectivity index (χ1) is 12.0. The smallest absolute Gasteiger partial charge is 0.306 e. The number of anilines is 4.